The third-order valence-corrected chi connectivity index (χ3v) is 5.07. The highest BCUT2D eigenvalue weighted by Gasteiger charge is 2.36. The molecule has 0 bridgehead atoms. The maximum absolute atomic E-state index is 9.99. The van der Waals surface area contributed by atoms with E-state index in [1.54, 1.807) is 0 Å². The van der Waals surface area contributed by atoms with Gasteiger partial charge in [-0.05, 0) is 43.4 Å². The zero-order chi connectivity index (χ0) is 16.0. The molecule has 0 radical (unpaired) electrons. The molecule has 0 saturated carbocycles. The first kappa shape index (κ1) is 17.0. The molecule has 1 aliphatic heterocycles. The second-order valence-corrected chi connectivity index (χ2v) is 6.75. The van der Waals surface area contributed by atoms with E-state index in [4.69, 9.17) is 0 Å². The van der Waals surface area contributed by atoms with E-state index in [1.807, 2.05) is 0 Å². The molecule has 22 heavy (non-hydrogen) atoms. The molecule has 1 aromatic carbocycles. The van der Waals surface area contributed by atoms with Crippen molar-refractivity contribution in [2.45, 2.75) is 39.0 Å². The van der Waals surface area contributed by atoms with Crippen LogP contribution >= 0.6 is 0 Å². The van der Waals surface area contributed by atoms with Gasteiger partial charge in [-0.2, -0.15) is 5.26 Å². The normalized spacial score (nSPS) is 18.9. The van der Waals surface area contributed by atoms with Crippen molar-refractivity contribution in [3.8, 4) is 6.07 Å². The van der Waals surface area contributed by atoms with Crippen molar-refractivity contribution in [3.05, 3.63) is 35.4 Å². The molecule has 1 aromatic rings. The molecule has 1 heterocycles. The minimum atomic E-state index is -0.362. The first-order chi connectivity index (χ1) is 10.6. The molecular weight excluding hydrogens is 270 g/mol. The van der Waals surface area contributed by atoms with Crippen molar-refractivity contribution in [3.63, 3.8) is 0 Å². The summed E-state index contributed by atoms with van der Waals surface area (Å²) in [5.74, 6) is 0.321. The summed E-state index contributed by atoms with van der Waals surface area (Å²) in [5, 5.41) is 13.4. The third-order valence-electron chi connectivity index (χ3n) is 5.07. The Balaban J connectivity index is 2.09. The maximum Gasteiger partial charge on any atom is 0.0848 e. The molecule has 3 nitrogen and oxygen atoms in total. The Labute approximate surface area is 135 Å². The summed E-state index contributed by atoms with van der Waals surface area (Å²) >= 11 is 0. The number of aryl methyl sites for hydroxylation is 1. The lowest BCUT2D eigenvalue weighted by atomic mass is 9.68. The van der Waals surface area contributed by atoms with E-state index < -0.39 is 0 Å². The minimum absolute atomic E-state index is 0.321. The van der Waals surface area contributed by atoms with Crippen LogP contribution in [-0.4, -0.2) is 37.6 Å². The van der Waals surface area contributed by atoms with Crippen molar-refractivity contribution in [2.24, 2.45) is 5.92 Å². The Morgan fingerprint density at radius 2 is 1.95 bits per heavy atom. The molecule has 120 valence electrons. The Morgan fingerprint density at radius 3 is 2.55 bits per heavy atom. The predicted molar refractivity (Wildman–Crippen MR) is 91.9 cm³/mol. The van der Waals surface area contributed by atoms with Crippen molar-refractivity contribution >= 4 is 0 Å². The Morgan fingerprint density at radius 1 is 1.27 bits per heavy atom. The van der Waals surface area contributed by atoms with Crippen molar-refractivity contribution in [1.29, 1.82) is 5.26 Å². The molecule has 1 saturated heterocycles. The predicted octanol–water partition coefficient (Wildman–Crippen LogP) is 3.10. The average Bonchev–Trinajstić information content (AvgIpc) is 2.53. The topological polar surface area (TPSA) is 39.1 Å². The second kappa shape index (κ2) is 7.76. The molecule has 2 rings (SSSR count). The van der Waals surface area contributed by atoms with Gasteiger partial charge in [-0.3, -0.25) is 0 Å². The molecule has 1 N–H and O–H groups in total. The Hall–Kier alpha value is -1.37. The molecule has 3 heteroatoms. The summed E-state index contributed by atoms with van der Waals surface area (Å²) in [7, 11) is 0. The van der Waals surface area contributed by atoms with E-state index in [0.29, 0.717) is 5.92 Å². The van der Waals surface area contributed by atoms with E-state index in [1.165, 1.54) is 11.1 Å². The summed E-state index contributed by atoms with van der Waals surface area (Å²) < 4.78 is 0. The molecule has 1 aliphatic rings. The molecule has 0 aromatic heterocycles. The van der Waals surface area contributed by atoms with Gasteiger partial charge in [0.1, 0.15) is 0 Å². The third kappa shape index (κ3) is 3.69. The van der Waals surface area contributed by atoms with E-state index in [9.17, 15) is 5.26 Å². The van der Waals surface area contributed by atoms with Crippen LogP contribution in [0.15, 0.2) is 24.3 Å². The fourth-order valence-electron chi connectivity index (χ4n) is 3.57. The van der Waals surface area contributed by atoms with Crippen LogP contribution in [0, 0.1) is 24.2 Å². The lowest BCUT2D eigenvalue weighted by molar-refractivity contribution is 0.225. The minimum Gasteiger partial charge on any atom is -0.314 e. The van der Waals surface area contributed by atoms with Crippen LogP contribution in [-0.2, 0) is 5.41 Å². The van der Waals surface area contributed by atoms with Gasteiger partial charge in [0.05, 0.1) is 11.5 Å². The van der Waals surface area contributed by atoms with Crippen LogP contribution in [0.3, 0.4) is 0 Å². The zero-order valence-electron chi connectivity index (χ0n) is 14.2. The summed E-state index contributed by atoms with van der Waals surface area (Å²) in [5.41, 5.74) is 2.09. The van der Waals surface area contributed by atoms with Gasteiger partial charge in [0.2, 0.25) is 0 Å². The Bertz CT molecular complexity index is 512. The number of hydrogen-bond donors (Lipinski definition) is 1. The highest BCUT2D eigenvalue weighted by Crippen LogP contribution is 2.38. The molecule has 0 spiro atoms. The fourth-order valence-corrected chi connectivity index (χ4v) is 3.57. The van der Waals surface area contributed by atoms with Crippen molar-refractivity contribution in [1.82, 2.24) is 10.2 Å². The number of nitrogens with zero attached hydrogens (tertiary/aromatic N) is 2. The fraction of sp³-hybridized carbons (Fsp3) is 0.632. The summed E-state index contributed by atoms with van der Waals surface area (Å²) in [4.78, 5) is 2.51. The maximum atomic E-state index is 9.99. The van der Waals surface area contributed by atoms with Crippen LogP contribution in [0.5, 0.6) is 0 Å². The van der Waals surface area contributed by atoms with Crippen molar-refractivity contribution in [2.75, 3.05) is 32.7 Å². The SMILES string of the molecule is Cc1ccccc1[C@](C#N)(CCCN1CCNCC1)C(C)C. The zero-order valence-corrected chi connectivity index (χ0v) is 14.2. The van der Waals surface area contributed by atoms with Crippen LogP contribution < -0.4 is 5.32 Å². The van der Waals surface area contributed by atoms with Gasteiger partial charge >= 0.3 is 0 Å². The van der Waals surface area contributed by atoms with Crippen LogP contribution in [0.4, 0.5) is 0 Å². The first-order valence-corrected chi connectivity index (χ1v) is 8.50. The second-order valence-electron chi connectivity index (χ2n) is 6.75. The molecular formula is C19H29N3. The summed E-state index contributed by atoms with van der Waals surface area (Å²) in [6.07, 6.45) is 2.02. The standard InChI is InChI=1S/C19H29N3/c1-16(2)19(15-20,18-8-5-4-7-17(18)3)9-6-12-22-13-10-21-11-14-22/h4-5,7-8,16,21H,6,9-14H2,1-3H3/t19-/m0/s1. The van der Waals surface area contributed by atoms with E-state index in [-0.39, 0.29) is 5.41 Å². The Kier molecular flexibility index (Phi) is 5.99. The lowest BCUT2D eigenvalue weighted by Gasteiger charge is -2.34. The van der Waals surface area contributed by atoms with Gasteiger partial charge in [0.15, 0.2) is 0 Å². The van der Waals surface area contributed by atoms with Crippen LogP contribution in [0.25, 0.3) is 0 Å². The van der Waals surface area contributed by atoms with Gasteiger partial charge in [-0.1, -0.05) is 38.1 Å². The highest BCUT2D eigenvalue weighted by molar-refractivity contribution is 5.39. The van der Waals surface area contributed by atoms with E-state index >= 15 is 0 Å². The quantitative estimate of drug-likeness (QED) is 0.877. The van der Waals surface area contributed by atoms with Gasteiger partial charge < -0.3 is 10.2 Å². The smallest absolute Gasteiger partial charge is 0.0848 e. The summed E-state index contributed by atoms with van der Waals surface area (Å²) in [6, 6.07) is 11.1. The number of piperazine rings is 1. The molecule has 0 unspecified atom stereocenters. The molecule has 0 aliphatic carbocycles. The largest absolute Gasteiger partial charge is 0.314 e. The van der Waals surface area contributed by atoms with Gasteiger partial charge in [-0.15, -0.1) is 0 Å². The number of rotatable bonds is 6. The van der Waals surface area contributed by atoms with E-state index in [0.717, 1.165) is 45.6 Å². The number of benzene rings is 1. The monoisotopic (exact) mass is 299 g/mol. The van der Waals surface area contributed by atoms with E-state index in [2.05, 4.69) is 61.3 Å². The summed E-state index contributed by atoms with van der Waals surface area (Å²) in [6.45, 7) is 12.0. The molecule has 1 fully saturated rings. The van der Waals surface area contributed by atoms with Gasteiger partial charge in [0, 0.05) is 26.2 Å². The van der Waals surface area contributed by atoms with Gasteiger partial charge in [0.25, 0.3) is 0 Å². The number of nitrogens with one attached hydrogen (secondary N) is 1. The number of nitriles is 1. The number of hydrogen-bond acceptors (Lipinski definition) is 3. The molecule has 1 atom stereocenters. The highest BCUT2D eigenvalue weighted by atomic mass is 15.2. The lowest BCUT2D eigenvalue weighted by Crippen LogP contribution is -2.44. The molecule has 0 amide bonds. The van der Waals surface area contributed by atoms with Crippen LogP contribution in [0.1, 0.15) is 37.8 Å². The average molecular weight is 299 g/mol. The van der Waals surface area contributed by atoms with Crippen molar-refractivity contribution < 1.29 is 0 Å². The van der Waals surface area contributed by atoms with Gasteiger partial charge in [-0.25, -0.2) is 0 Å². The van der Waals surface area contributed by atoms with Crippen LogP contribution in [0.2, 0.25) is 0 Å². The first-order valence-electron chi connectivity index (χ1n) is 8.50.